The second kappa shape index (κ2) is 31.5. The normalized spacial score (nSPS) is 28.6. The lowest BCUT2D eigenvalue weighted by atomic mass is 9.91. The largest absolute Gasteiger partial charge is 0.508 e. The van der Waals surface area contributed by atoms with Crippen molar-refractivity contribution in [3.8, 4) is 5.75 Å². The highest BCUT2D eigenvalue weighted by Gasteiger charge is 2.49. The molecular weight excluding hydrogens is 1000 g/mol. The van der Waals surface area contributed by atoms with Crippen molar-refractivity contribution in [3.63, 3.8) is 0 Å². The number of aliphatic hydroxyl groups excluding tert-OH is 7. The van der Waals surface area contributed by atoms with E-state index in [-0.39, 0.29) is 56.8 Å². The summed E-state index contributed by atoms with van der Waals surface area (Å²) in [7, 11) is 0. The van der Waals surface area contributed by atoms with Crippen molar-refractivity contribution < 1.29 is 74.4 Å². The minimum atomic E-state index is -2.28. The Labute approximate surface area is 450 Å². The molecule has 0 spiro atoms. The number of carbonyl (C=O) groups excluding carboxylic acids is 7. The van der Waals surface area contributed by atoms with E-state index in [0.717, 1.165) is 55.2 Å². The van der Waals surface area contributed by atoms with Crippen LogP contribution in [0.3, 0.4) is 0 Å². The number of rotatable bonds is 23. The fourth-order valence-corrected chi connectivity index (χ4v) is 10.2. The minimum Gasteiger partial charge on any atom is -0.508 e. The Bertz CT molecular complexity index is 2070. The second-order valence-electron chi connectivity index (χ2n) is 21.3. The standard InChI is InChI=1S/C52H88N10O15/c1-5-28(2)24-29(3)12-10-8-6-7-9-11-13-39(69)56-34-26-38(68)46(55-22-21-54)60-50(75)43-37(67)19-23-61(43)52(77)41(36(66)18-20-53)58-49(74)42(45(71)44(70)31-14-16-32(64)17-15-31)59-48(73)35-25-33(65)27-62(35)51(76)40(30(4)63)57-47(34)72/h14-17,28-30,33-38,40-46,55,63-68,70-71H,5-13,18-27,53-54H2,1-4H3,(H,56,69)(H,57,72)(H,58,74)(H,59,73)(H,60,75)/t28-,29+,30+,33+,34-,35-,36+,37-,38+,40-,41-,42-,43-,44-,45-,46+/m0/s1. The van der Waals surface area contributed by atoms with Crippen LogP contribution in [0.5, 0.6) is 5.75 Å². The van der Waals surface area contributed by atoms with Crippen LogP contribution in [-0.4, -0.2) is 204 Å². The molecule has 16 atom stereocenters. The van der Waals surface area contributed by atoms with Gasteiger partial charge in [0.15, 0.2) is 0 Å². The molecule has 18 N–H and O–H groups in total. The number of nitrogens with zero attached hydrogens (tertiary/aromatic N) is 2. The summed E-state index contributed by atoms with van der Waals surface area (Å²) in [6, 6.07) is -6.40. The maximum absolute atomic E-state index is 14.6. The number of phenols is 1. The lowest BCUT2D eigenvalue weighted by molar-refractivity contribution is -0.148. The molecule has 3 saturated heterocycles. The second-order valence-corrected chi connectivity index (χ2v) is 21.3. The third-order valence-corrected chi connectivity index (χ3v) is 14.9. The first-order chi connectivity index (χ1) is 36.5. The first kappa shape index (κ1) is 64.4. The van der Waals surface area contributed by atoms with Crippen LogP contribution < -0.4 is 43.4 Å². The maximum atomic E-state index is 14.6. The zero-order chi connectivity index (χ0) is 57.1. The molecule has 25 nitrogen and oxygen atoms in total. The average molecular weight is 1090 g/mol. The van der Waals surface area contributed by atoms with Crippen LogP contribution in [0.4, 0.5) is 0 Å². The van der Waals surface area contributed by atoms with E-state index in [1.165, 1.54) is 30.7 Å². The van der Waals surface area contributed by atoms with Gasteiger partial charge in [-0.3, -0.25) is 38.9 Å². The van der Waals surface area contributed by atoms with E-state index in [2.05, 4.69) is 52.7 Å². The summed E-state index contributed by atoms with van der Waals surface area (Å²) in [6.07, 6.45) is -6.95. The van der Waals surface area contributed by atoms with Crippen LogP contribution in [0.25, 0.3) is 0 Å². The first-order valence-electron chi connectivity index (χ1n) is 27.3. The predicted octanol–water partition coefficient (Wildman–Crippen LogP) is -3.31. The Morgan fingerprint density at radius 1 is 0.714 bits per heavy atom. The number of nitrogens with one attached hydrogen (secondary N) is 6. The molecule has 4 rings (SSSR count). The number of carbonyl (C=O) groups is 7. The van der Waals surface area contributed by atoms with Gasteiger partial charge in [-0.1, -0.05) is 77.8 Å². The van der Waals surface area contributed by atoms with Crippen LogP contribution in [0, 0.1) is 11.8 Å². The predicted molar refractivity (Wildman–Crippen MR) is 280 cm³/mol. The fraction of sp³-hybridized carbons (Fsp3) is 0.750. The van der Waals surface area contributed by atoms with Crippen molar-refractivity contribution >= 4 is 41.4 Å². The van der Waals surface area contributed by atoms with Crippen LogP contribution in [-0.2, 0) is 33.6 Å². The highest BCUT2D eigenvalue weighted by atomic mass is 16.3. The zero-order valence-corrected chi connectivity index (χ0v) is 45.0. The lowest BCUT2D eigenvalue weighted by Gasteiger charge is -2.35. The molecule has 0 unspecified atom stereocenters. The number of amides is 7. The van der Waals surface area contributed by atoms with E-state index < -0.39 is 146 Å². The molecule has 77 heavy (non-hydrogen) atoms. The van der Waals surface area contributed by atoms with Gasteiger partial charge in [0.2, 0.25) is 41.4 Å². The summed E-state index contributed by atoms with van der Waals surface area (Å²) in [4.78, 5) is 102. The van der Waals surface area contributed by atoms with E-state index in [4.69, 9.17) is 11.5 Å². The summed E-state index contributed by atoms with van der Waals surface area (Å²) in [6.45, 7) is 6.73. The number of fused-ring (bicyclic) bond motifs is 2. The van der Waals surface area contributed by atoms with Crippen LogP contribution in [0.1, 0.15) is 129 Å². The molecule has 25 heteroatoms. The average Bonchev–Trinajstić information content (AvgIpc) is 3.99. The number of aromatic hydroxyl groups is 1. The molecule has 0 saturated carbocycles. The SMILES string of the molecule is CC[C@H](C)C[C@H](C)CCCCCCCCC(=O)N[C@H]1C[C@@H](O)[C@H](NCCN)NC(=O)[C@@H]2[C@@H](O)CCN2C(=O)[C@H]([C@H](O)CCN)NC(=O)[C@H]([C@H](O)[C@@H](O)c2ccc(O)cc2)NC(=O)[C@@H]2C[C@@H](O)CN2C(=O)[C@H]([C@@H](C)O)NC1=O. The van der Waals surface area contributed by atoms with Gasteiger partial charge in [0.05, 0.1) is 30.5 Å². The molecule has 1 aromatic rings. The zero-order valence-electron chi connectivity index (χ0n) is 45.0. The van der Waals surface area contributed by atoms with Gasteiger partial charge >= 0.3 is 0 Å². The van der Waals surface area contributed by atoms with Crippen molar-refractivity contribution in [1.29, 1.82) is 0 Å². The molecule has 3 heterocycles. The molecule has 3 aliphatic heterocycles. The number of nitrogens with two attached hydrogens (primary N) is 2. The highest BCUT2D eigenvalue weighted by molar-refractivity contribution is 5.98. The quantitative estimate of drug-likeness (QED) is 0.0477. The minimum absolute atomic E-state index is 0.0257. The monoisotopic (exact) mass is 1090 g/mol. The van der Waals surface area contributed by atoms with Crippen molar-refractivity contribution in [1.82, 2.24) is 41.7 Å². The van der Waals surface area contributed by atoms with E-state index in [0.29, 0.717) is 24.7 Å². The third kappa shape index (κ3) is 18.8. The molecule has 0 aliphatic carbocycles. The smallest absolute Gasteiger partial charge is 0.248 e. The Morgan fingerprint density at radius 3 is 1.97 bits per heavy atom. The molecule has 3 aliphatic rings. The van der Waals surface area contributed by atoms with Crippen LogP contribution in [0.15, 0.2) is 24.3 Å². The van der Waals surface area contributed by atoms with Gasteiger partial charge < -0.3 is 88.7 Å². The summed E-state index contributed by atoms with van der Waals surface area (Å²) < 4.78 is 0. The molecule has 3 fully saturated rings. The molecule has 1 aromatic carbocycles. The van der Waals surface area contributed by atoms with Gasteiger partial charge in [0.1, 0.15) is 60.4 Å². The molecule has 0 aromatic heterocycles. The molecule has 0 bridgehead atoms. The third-order valence-electron chi connectivity index (χ3n) is 14.9. The van der Waals surface area contributed by atoms with Crippen molar-refractivity contribution in [2.75, 3.05) is 32.7 Å². The van der Waals surface area contributed by atoms with Crippen molar-refractivity contribution in [3.05, 3.63) is 29.8 Å². The first-order valence-corrected chi connectivity index (χ1v) is 27.3. The van der Waals surface area contributed by atoms with Crippen molar-refractivity contribution in [2.24, 2.45) is 23.3 Å². The summed E-state index contributed by atoms with van der Waals surface area (Å²) >= 11 is 0. The number of hydrogen-bond acceptors (Lipinski definition) is 18. The molecule has 7 amide bonds. The number of unbranched alkanes of at least 4 members (excludes halogenated alkanes) is 5. The highest BCUT2D eigenvalue weighted by Crippen LogP contribution is 2.27. The molecule has 436 valence electrons. The summed E-state index contributed by atoms with van der Waals surface area (Å²) in [5, 5.41) is 104. The summed E-state index contributed by atoms with van der Waals surface area (Å²) in [5.41, 5.74) is 11.5. The van der Waals surface area contributed by atoms with Gasteiger partial charge in [-0.25, -0.2) is 0 Å². The number of phenolic OH excluding ortho intramolecular Hbond substituents is 1. The fourth-order valence-electron chi connectivity index (χ4n) is 10.2. The van der Waals surface area contributed by atoms with Gasteiger partial charge in [-0.15, -0.1) is 0 Å². The van der Waals surface area contributed by atoms with Gasteiger partial charge in [-0.2, -0.15) is 0 Å². The lowest BCUT2D eigenvalue weighted by Crippen LogP contribution is -2.65. The Hall–Kier alpha value is -5.09. The number of aliphatic hydroxyl groups is 7. The Balaban J connectivity index is 1.73. The van der Waals surface area contributed by atoms with E-state index in [9.17, 15) is 74.4 Å². The van der Waals surface area contributed by atoms with Crippen LogP contribution >= 0.6 is 0 Å². The van der Waals surface area contributed by atoms with Gasteiger partial charge in [0.25, 0.3) is 0 Å². The Morgan fingerprint density at radius 2 is 1.34 bits per heavy atom. The van der Waals surface area contributed by atoms with Crippen LogP contribution in [0.2, 0.25) is 0 Å². The van der Waals surface area contributed by atoms with Gasteiger partial charge in [-0.05, 0) is 68.7 Å². The topological polar surface area (TPSA) is 412 Å². The number of hydrogen-bond donors (Lipinski definition) is 16. The van der Waals surface area contributed by atoms with Crippen molar-refractivity contribution in [2.45, 2.75) is 203 Å². The molecule has 0 radical (unpaired) electrons. The van der Waals surface area contributed by atoms with Gasteiger partial charge in [0, 0.05) is 45.4 Å². The van der Waals surface area contributed by atoms with E-state index in [1.807, 2.05) is 0 Å². The Kier molecular flexibility index (Phi) is 26.4. The van der Waals surface area contributed by atoms with E-state index in [1.54, 1.807) is 0 Å². The van der Waals surface area contributed by atoms with E-state index >= 15 is 0 Å². The number of benzene rings is 1. The molecular formula is C52H88N10O15. The maximum Gasteiger partial charge on any atom is 0.248 e. The summed E-state index contributed by atoms with van der Waals surface area (Å²) in [5.74, 6) is -6.43.